The van der Waals surface area contributed by atoms with Crippen molar-refractivity contribution in [1.29, 1.82) is 5.26 Å². The van der Waals surface area contributed by atoms with E-state index in [4.69, 9.17) is 9.47 Å². The van der Waals surface area contributed by atoms with Gasteiger partial charge < -0.3 is 19.7 Å². The van der Waals surface area contributed by atoms with E-state index < -0.39 is 33.7 Å². The summed E-state index contributed by atoms with van der Waals surface area (Å²) in [5.74, 6) is -2.19. The Morgan fingerprint density at radius 2 is 1.79 bits per heavy atom. The number of nitriles is 1. The fraction of sp³-hybridized carbons (Fsp3) is 0.465. The Balaban J connectivity index is 0.878. The Labute approximate surface area is 352 Å². The summed E-state index contributed by atoms with van der Waals surface area (Å²) in [7, 11) is -2.66. The molecule has 8 rings (SSSR count). The molecule has 2 unspecified atom stereocenters. The third-order valence-electron chi connectivity index (χ3n) is 12.8. The molecule has 15 nitrogen and oxygen atoms in total. The third-order valence-corrected chi connectivity index (χ3v) is 14.4. The number of piperidine rings is 2. The van der Waals surface area contributed by atoms with Crippen molar-refractivity contribution in [3.05, 3.63) is 88.0 Å². The van der Waals surface area contributed by atoms with E-state index in [-0.39, 0.29) is 70.2 Å². The van der Waals surface area contributed by atoms with Crippen LogP contribution >= 0.6 is 0 Å². The molecule has 0 radical (unpaired) electrons. The second kappa shape index (κ2) is 17.1. The minimum Gasteiger partial charge on any atom is -0.453 e. The van der Waals surface area contributed by atoms with E-state index in [1.807, 2.05) is 18.2 Å². The van der Waals surface area contributed by atoms with Crippen LogP contribution in [0.1, 0.15) is 87.8 Å². The fourth-order valence-electron chi connectivity index (χ4n) is 9.17. The van der Waals surface area contributed by atoms with Crippen molar-refractivity contribution in [3.63, 3.8) is 0 Å². The number of anilines is 2. The van der Waals surface area contributed by atoms with Gasteiger partial charge >= 0.3 is 10.2 Å². The Hall–Kier alpha value is -5.48. The highest BCUT2D eigenvalue weighted by Gasteiger charge is 2.45. The standard InChI is InChI=1S/C43H48F2N8O7S/c1-3-51(2)61(57,58)50-37-13-11-34(44)40(33(37)23-46)60-30-9-12-36-32(21-30)42(56)53(25-47-36)29-22-43(59-24-29)16-18-52(19-17-43)28-7-4-26(5-8-28)31-10-6-27(20-35(31)45)48-38-14-15-39(54)49-41(38)55/h6,9-13,20-21,25-26,28-29,38,48,50H,3-5,7-8,14-19,22,24H2,1-2H3,(H,49,54,55). The van der Waals surface area contributed by atoms with Crippen molar-refractivity contribution in [1.82, 2.24) is 24.1 Å². The summed E-state index contributed by atoms with van der Waals surface area (Å²) in [6.45, 7) is 3.85. The highest BCUT2D eigenvalue weighted by atomic mass is 32.2. The summed E-state index contributed by atoms with van der Waals surface area (Å²) in [5.41, 5.74) is 0.389. The van der Waals surface area contributed by atoms with Gasteiger partial charge in [-0.3, -0.25) is 29.0 Å². The molecule has 1 spiro atoms. The van der Waals surface area contributed by atoms with Crippen LogP contribution in [-0.4, -0.2) is 90.0 Å². The molecule has 3 saturated heterocycles. The molecule has 4 heterocycles. The van der Waals surface area contributed by atoms with Gasteiger partial charge in [0.05, 0.1) is 41.2 Å². The lowest BCUT2D eigenvalue weighted by Gasteiger charge is -2.44. The van der Waals surface area contributed by atoms with Crippen LogP contribution in [0.4, 0.5) is 20.2 Å². The maximum absolute atomic E-state index is 15.4. The highest BCUT2D eigenvalue weighted by Crippen LogP contribution is 2.43. The molecule has 3 aliphatic heterocycles. The second-order valence-electron chi connectivity index (χ2n) is 16.4. The lowest BCUT2D eigenvalue weighted by Crippen LogP contribution is -2.49. The summed E-state index contributed by atoms with van der Waals surface area (Å²) in [6, 6.07) is 13.1. The molecule has 2 atom stereocenters. The number of amides is 2. The van der Waals surface area contributed by atoms with E-state index in [9.17, 15) is 28.1 Å². The number of nitrogens with one attached hydrogen (secondary N) is 3. The molecule has 1 aromatic heterocycles. The number of carbonyl (C=O) groups is 2. The summed E-state index contributed by atoms with van der Waals surface area (Å²) in [4.78, 5) is 44.6. The number of fused-ring (bicyclic) bond motifs is 1. The summed E-state index contributed by atoms with van der Waals surface area (Å²) >= 11 is 0. The minimum atomic E-state index is -4.02. The van der Waals surface area contributed by atoms with Crippen molar-refractivity contribution in [2.24, 2.45) is 0 Å². The smallest absolute Gasteiger partial charge is 0.301 e. The van der Waals surface area contributed by atoms with E-state index in [1.165, 1.54) is 31.6 Å². The van der Waals surface area contributed by atoms with Gasteiger partial charge in [-0.25, -0.2) is 13.8 Å². The number of carbonyl (C=O) groups excluding carboxylic acids is 2. The number of aromatic nitrogens is 2. The molecule has 3 aromatic carbocycles. The van der Waals surface area contributed by atoms with Crippen LogP contribution in [0.25, 0.3) is 10.9 Å². The quantitative estimate of drug-likeness (QED) is 0.157. The maximum Gasteiger partial charge on any atom is 0.301 e. The summed E-state index contributed by atoms with van der Waals surface area (Å²) in [5, 5.41) is 15.5. The van der Waals surface area contributed by atoms with Gasteiger partial charge in [-0.15, -0.1) is 0 Å². The lowest BCUT2D eigenvalue weighted by atomic mass is 9.79. The first-order valence-electron chi connectivity index (χ1n) is 20.7. The van der Waals surface area contributed by atoms with Crippen LogP contribution in [-0.2, 0) is 24.5 Å². The Bertz CT molecular complexity index is 2570. The zero-order valence-corrected chi connectivity index (χ0v) is 34.8. The van der Waals surface area contributed by atoms with E-state index in [0.717, 1.165) is 68.1 Å². The predicted octanol–water partition coefficient (Wildman–Crippen LogP) is 5.69. The first-order chi connectivity index (χ1) is 29.3. The third kappa shape index (κ3) is 8.69. The normalized spacial score (nSPS) is 23.2. The fourth-order valence-corrected chi connectivity index (χ4v) is 10.1. The van der Waals surface area contributed by atoms with E-state index in [1.54, 1.807) is 17.6 Å². The molecule has 0 bridgehead atoms. The van der Waals surface area contributed by atoms with Crippen LogP contribution in [0.3, 0.4) is 0 Å². The number of hydrogen-bond donors (Lipinski definition) is 3. The van der Waals surface area contributed by atoms with Gasteiger partial charge in [0, 0.05) is 44.8 Å². The van der Waals surface area contributed by atoms with Crippen LogP contribution in [0.2, 0.25) is 0 Å². The summed E-state index contributed by atoms with van der Waals surface area (Å²) < 4.78 is 73.0. The Morgan fingerprint density at radius 1 is 1.02 bits per heavy atom. The number of ether oxygens (including phenoxy) is 2. The topological polar surface area (TPSA) is 188 Å². The Morgan fingerprint density at radius 3 is 2.49 bits per heavy atom. The number of imide groups is 1. The van der Waals surface area contributed by atoms with Gasteiger partial charge in [0.15, 0.2) is 11.6 Å². The van der Waals surface area contributed by atoms with Crippen molar-refractivity contribution in [2.75, 3.05) is 43.3 Å². The molecule has 4 fully saturated rings. The average Bonchev–Trinajstić information content (AvgIpc) is 3.66. The zero-order valence-electron chi connectivity index (χ0n) is 34.0. The predicted molar refractivity (Wildman–Crippen MR) is 222 cm³/mol. The first kappa shape index (κ1) is 42.2. The maximum atomic E-state index is 15.4. The molecule has 1 saturated carbocycles. The van der Waals surface area contributed by atoms with Crippen LogP contribution in [0.15, 0.2) is 59.7 Å². The van der Waals surface area contributed by atoms with Gasteiger partial charge in [-0.2, -0.15) is 18.0 Å². The molecule has 4 aliphatic rings. The molecule has 61 heavy (non-hydrogen) atoms. The molecular weight excluding hydrogens is 811 g/mol. The van der Waals surface area contributed by atoms with Crippen LogP contribution in [0.5, 0.6) is 11.5 Å². The van der Waals surface area contributed by atoms with E-state index >= 15 is 8.78 Å². The van der Waals surface area contributed by atoms with E-state index in [0.29, 0.717) is 42.3 Å². The van der Waals surface area contributed by atoms with Gasteiger partial charge in [-0.05, 0) is 105 Å². The number of halogens is 2. The van der Waals surface area contributed by atoms with Crippen LogP contribution < -0.4 is 25.7 Å². The number of benzene rings is 3. The largest absolute Gasteiger partial charge is 0.453 e. The molecule has 3 N–H and O–H groups in total. The van der Waals surface area contributed by atoms with Crippen molar-refractivity contribution in [2.45, 2.75) is 94.4 Å². The molecular formula is C43H48F2N8O7S. The Kier molecular flexibility index (Phi) is 11.8. The minimum absolute atomic E-state index is 0.0631. The van der Waals surface area contributed by atoms with Gasteiger partial charge in [0.25, 0.3) is 5.56 Å². The number of nitrogens with zero attached hydrogens (tertiary/aromatic N) is 5. The zero-order chi connectivity index (χ0) is 43.1. The highest BCUT2D eigenvalue weighted by molar-refractivity contribution is 7.90. The SMILES string of the molecule is CCN(C)S(=O)(=O)Nc1ccc(F)c(Oc2ccc3ncn(C4COC5(CCN(C6CCC(c7ccc(NC8CCC(=O)NC8=O)cc7F)CC6)CC5)C4)c(=O)c3c2)c1C#N. The number of rotatable bonds is 11. The van der Waals surface area contributed by atoms with Crippen molar-refractivity contribution in [3.8, 4) is 17.6 Å². The van der Waals surface area contributed by atoms with E-state index in [2.05, 4.69) is 25.2 Å². The molecule has 1 aliphatic carbocycles. The summed E-state index contributed by atoms with van der Waals surface area (Å²) in [6.07, 6.45) is 8.03. The average molecular weight is 859 g/mol. The van der Waals surface area contributed by atoms with Gasteiger partial charge in [0.1, 0.15) is 29.2 Å². The van der Waals surface area contributed by atoms with Crippen molar-refractivity contribution < 1.29 is 36.3 Å². The monoisotopic (exact) mass is 858 g/mol. The van der Waals surface area contributed by atoms with Crippen molar-refractivity contribution >= 4 is 44.3 Å². The molecule has 4 aromatic rings. The van der Waals surface area contributed by atoms with Gasteiger partial charge in [0.2, 0.25) is 11.8 Å². The molecule has 18 heteroatoms. The van der Waals surface area contributed by atoms with Gasteiger partial charge in [-0.1, -0.05) is 13.0 Å². The van der Waals surface area contributed by atoms with Crippen LogP contribution in [0, 0.1) is 23.0 Å². The lowest BCUT2D eigenvalue weighted by molar-refractivity contribution is -0.133. The first-order valence-corrected chi connectivity index (χ1v) is 22.1. The number of hydrogen-bond acceptors (Lipinski definition) is 11. The molecule has 2 amide bonds. The molecule has 322 valence electrons. The second-order valence-corrected chi connectivity index (χ2v) is 18.2. The number of likely N-dealkylation sites (tertiary alicyclic amines) is 1.